The van der Waals surface area contributed by atoms with Crippen molar-refractivity contribution in [1.29, 1.82) is 0 Å². The summed E-state index contributed by atoms with van der Waals surface area (Å²) in [5.74, 6) is 2.64. The molecule has 1 atom stereocenters. The Morgan fingerprint density at radius 3 is 2.60 bits per heavy atom. The molecule has 20 heavy (non-hydrogen) atoms. The molecule has 3 heterocycles. The van der Waals surface area contributed by atoms with Crippen molar-refractivity contribution in [2.75, 3.05) is 33.9 Å². The van der Waals surface area contributed by atoms with Gasteiger partial charge in [0.05, 0.1) is 32.9 Å². The van der Waals surface area contributed by atoms with Crippen LogP contribution in [0.5, 0.6) is 11.5 Å². The first-order valence-corrected chi connectivity index (χ1v) is 7.68. The summed E-state index contributed by atoms with van der Waals surface area (Å²) in [5, 5.41) is 2.51. The van der Waals surface area contributed by atoms with Crippen molar-refractivity contribution in [2.24, 2.45) is 5.92 Å². The molecule has 3 saturated heterocycles. The van der Waals surface area contributed by atoms with Gasteiger partial charge < -0.3 is 19.7 Å². The molecule has 0 amide bonds. The lowest BCUT2D eigenvalue weighted by molar-refractivity contribution is -0.943. The van der Waals surface area contributed by atoms with Gasteiger partial charge in [-0.05, 0) is 12.1 Å². The highest BCUT2D eigenvalue weighted by Gasteiger charge is 2.39. The van der Waals surface area contributed by atoms with E-state index in [1.807, 2.05) is 12.1 Å². The summed E-state index contributed by atoms with van der Waals surface area (Å²) in [6.45, 7) is 5.08. The third-order valence-corrected chi connectivity index (χ3v) is 4.99. The number of nitrogens with one attached hydrogen (secondary N) is 1. The average molecular weight is 278 g/mol. The predicted molar refractivity (Wildman–Crippen MR) is 77.3 cm³/mol. The van der Waals surface area contributed by atoms with E-state index in [1.165, 1.54) is 38.0 Å². The highest BCUT2D eigenvalue weighted by atomic mass is 16.5. The Kier molecular flexibility index (Phi) is 4.13. The second-order valence-corrected chi connectivity index (χ2v) is 6.05. The van der Waals surface area contributed by atoms with E-state index < -0.39 is 0 Å². The molecule has 0 spiro atoms. The number of ether oxygens (including phenoxy) is 2. The van der Waals surface area contributed by atoms with E-state index in [0.717, 1.165) is 30.0 Å². The number of rotatable bonds is 5. The van der Waals surface area contributed by atoms with E-state index in [9.17, 15) is 0 Å². The standard InChI is InChI=1S/C16H24N2O2/c1-19-15-5-3-4-13(16(15)20-2)10-17-14-11-18-8-6-12(14)7-9-18/h3-5,12,14,17H,6-11H2,1-2H3/p+2/t14-/m0/s1. The monoisotopic (exact) mass is 278 g/mol. The van der Waals surface area contributed by atoms with Gasteiger partial charge in [0, 0.05) is 18.8 Å². The minimum atomic E-state index is 0.781. The highest BCUT2D eigenvalue weighted by Crippen LogP contribution is 2.30. The summed E-state index contributed by atoms with van der Waals surface area (Å²) in [5.41, 5.74) is 1.23. The molecule has 3 fully saturated rings. The Hall–Kier alpha value is -1.26. The fraction of sp³-hybridized carbons (Fsp3) is 0.625. The summed E-state index contributed by atoms with van der Waals surface area (Å²) in [6, 6.07) is 6.93. The number of quaternary nitrogens is 2. The number of hydrogen-bond acceptors (Lipinski definition) is 2. The minimum absolute atomic E-state index is 0.781. The van der Waals surface area contributed by atoms with Crippen LogP contribution >= 0.6 is 0 Å². The lowest BCUT2D eigenvalue weighted by Gasteiger charge is -2.40. The average Bonchev–Trinajstić information content (AvgIpc) is 2.53. The van der Waals surface area contributed by atoms with E-state index in [4.69, 9.17) is 9.47 Å². The molecule has 1 aromatic rings. The van der Waals surface area contributed by atoms with Gasteiger partial charge in [0.1, 0.15) is 19.1 Å². The molecule has 0 saturated carbocycles. The van der Waals surface area contributed by atoms with Crippen molar-refractivity contribution in [3.63, 3.8) is 0 Å². The molecule has 0 aromatic heterocycles. The Balaban J connectivity index is 1.66. The molecule has 110 valence electrons. The van der Waals surface area contributed by atoms with Crippen molar-refractivity contribution in [3.8, 4) is 11.5 Å². The Bertz CT molecular complexity index is 456. The van der Waals surface area contributed by atoms with Gasteiger partial charge in [-0.15, -0.1) is 0 Å². The third kappa shape index (κ3) is 2.63. The van der Waals surface area contributed by atoms with E-state index in [0.29, 0.717) is 0 Å². The van der Waals surface area contributed by atoms with Gasteiger partial charge in [0.2, 0.25) is 0 Å². The van der Waals surface area contributed by atoms with Gasteiger partial charge in [-0.1, -0.05) is 6.07 Å². The number of piperidine rings is 3. The fourth-order valence-corrected chi connectivity index (χ4v) is 3.85. The molecular formula is C16H26N2O2+2. The zero-order chi connectivity index (χ0) is 13.9. The van der Waals surface area contributed by atoms with Crippen LogP contribution in [0.4, 0.5) is 0 Å². The van der Waals surface area contributed by atoms with Gasteiger partial charge in [0.25, 0.3) is 0 Å². The number of methoxy groups -OCH3 is 2. The summed E-state index contributed by atoms with van der Waals surface area (Å²) in [6.07, 6.45) is 2.82. The summed E-state index contributed by atoms with van der Waals surface area (Å²) < 4.78 is 10.9. The maximum atomic E-state index is 5.52. The quantitative estimate of drug-likeness (QED) is 0.758. The Labute approximate surface area is 121 Å². The molecule has 4 nitrogen and oxygen atoms in total. The van der Waals surface area contributed by atoms with Crippen LogP contribution in [0.1, 0.15) is 18.4 Å². The second kappa shape index (κ2) is 6.02. The summed E-state index contributed by atoms with van der Waals surface area (Å²) in [7, 11) is 3.42. The lowest BCUT2D eigenvalue weighted by atomic mass is 9.84. The zero-order valence-electron chi connectivity index (χ0n) is 12.5. The number of nitrogens with two attached hydrogens (primary N) is 1. The van der Waals surface area contributed by atoms with Crippen molar-refractivity contribution >= 4 is 0 Å². The number of hydrogen-bond donors (Lipinski definition) is 2. The van der Waals surface area contributed by atoms with E-state index in [2.05, 4.69) is 11.4 Å². The highest BCUT2D eigenvalue weighted by molar-refractivity contribution is 5.46. The predicted octanol–water partition coefficient (Wildman–Crippen LogP) is -0.556. The maximum Gasteiger partial charge on any atom is 0.169 e. The molecule has 3 aliphatic heterocycles. The second-order valence-electron chi connectivity index (χ2n) is 6.05. The first-order chi connectivity index (χ1) is 9.81. The van der Waals surface area contributed by atoms with Crippen LogP contribution in [0.15, 0.2) is 18.2 Å². The van der Waals surface area contributed by atoms with Crippen LogP contribution in [-0.2, 0) is 6.54 Å². The van der Waals surface area contributed by atoms with Crippen molar-refractivity contribution in [2.45, 2.75) is 25.4 Å². The fourth-order valence-electron chi connectivity index (χ4n) is 3.85. The number of benzene rings is 1. The SMILES string of the molecule is COc1cccc(C[NH2+][C@H]2C[NH+]3CCC2CC3)c1OC. The first-order valence-electron chi connectivity index (χ1n) is 7.68. The molecule has 4 heteroatoms. The van der Waals surface area contributed by atoms with Crippen molar-refractivity contribution in [3.05, 3.63) is 23.8 Å². The molecule has 3 aliphatic rings. The molecule has 0 radical (unpaired) electrons. The van der Waals surface area contributed by atoms with Crippen molar-refractivity contribution < 1.29 is 19.7 Å². The molecule has 1 aromatic carbocycles. The molecular weight excluding hydrogens is 252 g/mol. The van der Waals surface area contributed by atoms with Crippen LogP contribution in [0.2, 0.25) is 0 Å². The first kappa shape index (κ1) is 13.7. The molecule has 2 bridgehead atoms. The maximum absolute atomic E-state index is 5.52. The van der Waals surface area contributed by atoms with Gasteiger partial charge in [-0.3, -0.25) is 0 Å². The van der Waals surface area contributed by atoms with Gasteiger partial charge >= 0.3 is 0 Å². The summed E-state index contributed by atoms with van der Waals surface area (Å²) in [4.78, 5) is 1.80. The zero-order valence-corrected chi connectivity index (χ0v) is 12.5. The van der Waals surface area contributed by atoms with Gasteiger partial charge in [0.15, 0.2) is 11.5 Å². The molecule has 0 unspecified atom stereocenters. The van der Waals surface area contributed by atoms with Crippen LogP contribution in [-0.4, -0.2) is 39.9 Å². The largest absolute Gasteiger partial charge is 0.493 e. The minimum Gasteiger partial charge on any atom is -0.493 e. The van der Waals surface area contributed by atoms with E-state index in [1.54, 1.807) is 19.1 Å². The van der Waals surface area contributed by atoms with Crippen LogP contribution in [0.3, 0.4) is 0 Å². The molecule has 4 rings (SSSR count). The molecule has 0 aliphatic carbocycles. The summed E-state index contributed by atoms with van der Waals surface area (Å²) >= 11 is 0. The smallest absolute Gasteiger partial charge is 0.169 e. The number of fused-ring (bicyclic) bond motifs is 3. The Morgan fingerprint density at radius 1 is 1.20 bits per heavy atom. The Morgan fingerprint density at radius 2 is 2.00 bits per heavy atom. The van der Waals surface area contributed by atoms with Gasteiger partial charge in [-0.2, -0.15) is 0 Å². The topological polar surface area (TPSA) is 39.5 Å². The third-order valence-electron chi connectivity index (χ3n) is 4.99. The molecule has 3 N–H and O–H groups in total. The number of para-hydroxylation sites is 1. The van der Waals surface area contributed by atoms with Crippen LogP contribution in [0, 0.1) is 5.92 Å². The lowest BCUT2D eigenvalue weighted by Crippen LogP contribution is -3.20. The normalized spacial score (nSPS) is 28.4. The van der Waals surface area contributed by atoms with Crippen LogP contribution in [0.25, 0.3) is 0 Å². The van der Waals surface area contributed by atoms with Gasteiger partial charge in [-0.25, -0.2) is 0 Å². The van der Waals surface area contributed by atoms with Crippen LogP contribution < -0.4 is 19.7 Å². The van der Waals surface area contributed by atoms with E-state index >= 15 is 0 Å². The van der Waals surface area contributed by atoms with E-state index in [-0.39, 0.29) is 0 Å². The van der Waals surface area contributed by atoms with Crippen molar-refractivity contribution in [1.82, 2.24) is 0 Å².